The first-order valence-corrected chi connectivity index (χ1v) is 38.1. The fourth-order valence-corrected chi connectivity index (χ4v) is 49.7. The molecule has 0 fully saturated rings. The quantitative estimate of drug-likeness (QED) is 0.125. The summed E-state index contributed by atoms with van der Waals surface area (Å²) >= 11 is -3.19. The van der Waals surface area contributed by atoms with Gasteiger partial charge in [0.15, 0.2) is 0 Å². The van der Waals surface area contributed by atoms with Crippen LogP contribution in [-0.2, 0) is 29.8 Å². The third kappa shape index (κ3) is 9.68. The summed E-state index contributed by atoms with van der Waals surface area (Å²) in [6.45, 7) is 14.7. The molecule has 8 heteroatoms. The van der Waals surface area contributed by atoms with E-state index < -0.39 is 43.5 Å². The topological polar surface area (TPSA) is 18.5 Å². The standard InChI is InChI=1S/2C25H29OSi.C12H11Si.2ClH.Zr/c2*1-25(2,3)27(23-14-6-4-7-15-23,24-16-8-5-9-17-24)26-22-18-20-12-10-11-13-21(20)19-22;1-3-7-11(8-4-1)13-12-9-5-2-6-10-12;;;/h2*4-9,14-19H,10-13H2,1-3H3;1-10,13H;2*1H;/q;;;;;+2/p-2. The molecular formula is C62H69Cl2O2Si3Zr. The molecule has 2 unspecified atom stereocenters. The van der Waals surface area contributed by atoms with Crippen molar-refractivity contribution in [3.05, 3.63) is 228 Å². The minimum absolute atomic E-state index is 0. The van der Waals surface area contributed by atoms with Crippen LogP contribution < -0.4 is 55.9 Å². The van der Waals surface area contributed by atoms with E-state index in [4.69, 9.17) is 8.85 Å². The summed E-state index contributed by atoms with van der Waals surface area (Å²) < 4.78 is 17.6. The van der Waals surface area contributed by atoms with Gasteiger partial charge in [-0.05, 0) is 0 Å². The van der Waals surface area contributed by atoms with Crippen LogP contribution >= 0.6 is 0 Å². The second kappa shape index (κ2) is 22.0. The van der Waals surface area contributed by atoms with Gasteiger partial charge in [0, 0.05) is 0 Å². The van der Waals surface area contributed by atoms with Gasteiger partial charge in [-0.1, -0.05) is 0 Å². The zero-order valence-electron chi connectivity index (χ0n) is 41.9. The van der Waals surface area contributed by atoms with Gasteiger partial charge in [0.2, 0.25) is 0 Å². The molecule has 0 saturated carbocycles. The molecule has 0 aromatic heterocycles. The number of benzene rings is 6. The first-order valence-electron chi connectivity index (χ1n) is 25.4. The fraction of sp³-hybridized carbons (Fsp3) is 0.290. The fourth-order valence-electron chi connectivity index (χ4n) is 12.7. The summed E-state index contributed by atoms with van der Waals surface area (Å²) in [5.41, 5.74) is 6.60. The van der Waals surface area contributed by atoms with Crippen molar-refractivity contribution in [2.75, 3.05) is 0 Å². The summed E-state index contributed by atoms with van der Waals surface area (Å²) in [7, 11) is -6.00. The van der Waals surface area contributed by atoms with E-state index in [2.05, 4.69) is 236 Å². The molecular weight excluding hydrogens is 1020 g/mol. The van der Waals surface area contributed by atoms with Gasteiger partial charge in [-0.25, -0.2) is 0 Å². The molecule has 0 saturated heterocycles. The van der Waals surface area contributed by atoms with Crippen molar-refractivity contribution < 1.29 is 54.6 Å². The Morgan fingerprint density at radius 2 is 0.671 bits per heavy atom. The van der Waals surface area contributed by atoms with Crippen molar-refractivity contribution in [2.24, 2.45) is 0 Å². The van der Waals surface area contributed by atoms with E-state index in [0.29, 0.717) is 0 Å². The molecule has 0 radical (unpaired) electrons. The number of allylic oxidation sites excluding steroid dienone is 6. The molecule has 4 aliphatic carbocycles. The van der Waals surface area contributed by atoms with Crippen molar-refractivity contribution in [2.45, 2.75) is 110 Å². The summed E-state index contributed by atoms with van der Waals surface area (Å²) in [5, 5.41) is 8.24. The van der Waals surface area contributed by atoms with E-state index in [1.54, 1.807) is 32.7 Å². The van der Waals surface area contributed by atoms with Crippen LogP contribution in [-0.4, -0.2) is 22.6 Å². The van der Waals surface area contributed by atoms with Gasteiger partial charge >= 0.3 is 422 Å². The SMILES string of the molecule is CC(C)(C)[Si](OC1=CC2=C(CCCC2)[CH]1[Zr+2]([CH]1C(O[Si](c2ccccc2)(c2ccccc2)C(C)(C)C)=CC2=C1CCCC2)[SiH](c1ccccc1)c1ccccc1)(c1ccccc1)c1ccccc1.[Cl-].[Cl-]. The number of hydrogen-bond acceptors (Lipinski definition) is 2. The summed E-state index contributed by atoms with van der Waals surface area (Å²) in [5.74, 6) is 0.603. The summed E-state index contributed by atoms with van der Waals surface area (Å²) in [6.07, 6.45) is 14.8. The summed E-state index contributed by atoms with van der Waals surface area (Å²) in [6, 6.07) is 69.4. The zero-order valence-corrected chi connectivity index (χ0v) is 49.1. The first kappa shape index (κ1) is 52.3. The third-order valence-corrected chi connectivity index (χ3v) is 48.5. The molecule has 6 aromatic rings. The van der Waals surface area contributed by atoms with Crippen molar-refractivity contribution in [1.29, 1.82) is 0 Å². The Balaban J connectivity index is 0.00000329. The first-order chi connectivity index (χ1) is 33.0. The molecule has 10 rings (SSSR count). The molecule has 0 aliphatic heterocycles. The van der Waals surface area contributed by atoms with Gasteiger partial charge in [-0.15, -0.1) is 0 Å². The van der Waals surface area contributed by atoms with Gasteiger partial charge in [-0.2, -0.15) is 0 Å². The van der Waals surface area contributed by atoms with Crippen LogP contribution in [0.5, 0.6) is 0 Å². The number of halogens is 2. The molecule has 2 nitrogen and oxygen atoms in total. The predicted octanol–water partition coefficient (Wildman–Crippen LogP) is 6.42. The minimum atomic E-state index is -3.19. The molecule has 6 aromatic carbocycles. The third-order valence-electron chi connectivity index (χ3n) is 15.6. The zero-order chi connectivity index (χ0) is 46.9. The minimum Gasteiger partial charge on any atom is -1.00 e. The van der Waals surface area contributed by atoms with Crippen LogP contribution in [0.3, 0.4) is 0 Å². The van der Waals surface area contributed by atoms with Crippen LogP contribution in [0.25, 0.3) is 0 Å². The van der Waals surface area contributed by atoms with E-state index in [-0.39, 0.29) is 42.1 Å². The predicted molar refractivity (Wildman–Crippen MR) is 291 cm³/mol. The van der Waals surface area contributed by atoms with Crippen LogP contribution in [0.2, 0.25) is 17.3 Å². The molecule has 0 bridgehead atoms. The Bertz CT molecular complexity index is 2550. The molecule has 70 heavy (non-hydrogen) atoms. The Morgan fingerprint density at radius 3 is 0.957 bits per heavy atom. The Kier molecular flexibility index (Phi) is 16.4. The second-order valence-corrected chi connectivity index (χ2v) is 45.9. The van der Waals surface area contributed by atoms with Crippen LogP contribution in [0, 0.1) is 0 Å². The van der Waals surface area contributed by atoms with E-state index in [9.17, 15) is 0 Å². The molecule has 0 spiro atoms. The van der Waals surface area contributed by atoms with E-state index >= 15 is 0 Å². The Labute approximate surface area is 442 Å². The molecule has 0 N–H and O–H groups in total. The van der Waals surface area contributed by atoms with Crippen molar-refractivity contribution in [1.82, 2.24) is 0 Å². The van der Waals surface area contributed by atoms with Crippen molar-refractivity contribution in [3.8, 4) is 0 Å². The smallest absolute Gasteiger partial charge is 1.00 e. The van der Waals surface area contributed by atoms with Gasteiger partial charge < -0.3 is 24.8 Å². The largest absolute Gasteiger partial charge is 1.00 e. The monoisotopic (exact) mass is 1090 g/mol. The van der Waals surface area contributed by atoms with Gasteiger partial charge in [0.05, 0.1) is 0 Å². The molecule has 359 valence electrons. The van der Waals surface area contributed by atoms with Crippen LogP contribution in [0.1, 0.15) is 92.9 Å². The van der Waals surface area contributed by atoms with Gasteiger partial charge in [-0.3, -0.25) is 0 Å². The molecule has 2 atom stereocenters. The van der Waals surface area contributed by atoms with Gasteiger partial charge in [0.1, 0.15) is 0 Å². The number of hydrogen-bond donors (Lipinski definition) is 0. The maximum atomic E-state index is 8.53. The molecule has 0 amide bonds. The van der Waals surface area contributed by atoms with Crippen LogP contribution in [0.4, 0.5) is 0 Å². The van der Waals surface area contributed by atoms with E-state index in [1.807, 2.05) is 0 Å². The molecule has 0 heterocycles. The van der Waals surface area contributed by atoms with Crippen molar-refractivity contribution in [3.63, 3.8) is 0 Å². The average Bonchev–Trinajstić information content (AvgIpc) is 3.92. The maximum Gasteiger partial charge on any atom is -1.00 e. The Morgan fingerprint density at radius 1 is 0.400 bits per heavy atom. The normalized spacial score (nSPS) is 18.2. The van der Waals surface area contributed by atoms with Gasteiger partial charge in [0.25, 0.3) is 0 Å². The molecule has 4 aliphatic rings. The second-order valence-electron chi connectivity index (χ2n) is 21.8. The Hall–Kier alpha value is -4.01. The average molecular weight is 1090 g/mol. The van der Waals surface area contributed by atoms with E-state index in [0.717, 1.165) is 25.7 Å². The summed E-state index contributed by atoms with van der Waals surface area (Å²) in [4.78, 5) is 0. The van der Waals surface area contributed by atoms with Crippen LogP contribution in [0.15, 0.2) is 228 Å². The number of rotatable bonds is 13. The van der Waals surface area contributed by atoms with Crippen molar-refractivity contribution >= 4 is 53.7 Å². The van der Waals surface area contributed by atoms with E-state index in [1.165, 1.54) is 57.9 Å². The maximum absolute atomic E-state index is 8.53.